The van der Waals surface area contributed by atoms with Gasteiger partial charge in [-0.05, 0) is 30.3 Å². The number of aromatic hydroxyl groups is 1. The summed E-state index contributed by atoms with van der Waals surface area (Å²) in [6.45, 7) is 0. The molecule has 13 heteroatoms. The highest BCUT2D eigenvalue weighted by Crippen LogP contribution is 2.43. The molecule has 174 valence electrons. The van der Waals surface area contributed by atoms with Crippen molar-refractivity contribution < 1.29 is 33.0 Å². The number of aromatic nitrogens is 2. The van der Waals surface area contributed by atoms with Gasteiger partial charge in [-0.1, -0.05) is 29.5 Å². The highest BCUT2D eigenvalue weighted by Gasteiger charge is 2.39. The quantitative estimate of drug-likeness (QED) is 0.248. The Bertz CT molecular complexity index is 1370. The predicted octanol–water partition coefficient (Wildman–Crippen LogP) is 5.69. The standard InChI is InChI=1S/C21H13F3N4O4S2/c22-21(23,24)16-15(34-20(27-16)28-17(30)10-4-2-1-3-5-10)13-9-33-19(26-13)25-11-6-7-14(29)12(8-11)18(31)32/h1-9,29H,(H,25,26)(H,31,32)(H,27,28,30). The van der Waals surface area contributed by atoms with E-state index in [0.717, 1.165) is 11.3 Å². The molecule has 0 bridgehead atoms. The van der Waals surface area contributed by atoms with E-state index in [0.29, 0.717) is 11.3 Å². The molecule has 0 spiro atoms. The molecule has 34 heavy (non-hydrogen) atoms. The molecule has 8 nitrogen and oxygen atoms in total. The average molecular weight is 506 g/mol. The van der Waals surface area contributed by atoms with Crippen LogP contribution in [0.5, 0.6) is 5.75 Å². The topological polar surface area (TPSA) is 124 Å². The van der Waals surface area contributed by atoms with Crippen LogP contribution in [0.4, 0.5) is 29.1 Å². The van der Waals surface area contributed by atoms with Crippen LogP contribution in [0, 0.1) is 0 Å². The van der Waals surface area contributed by atoms with Crippen molar-refractivity contribution in [1.29, 1.82) is 0 Å². The third kappa shape index (κ3) is 5.00. The van der Waals surface area contributed by atoms with Crippen molar-refractivity contribution in [1.82, 2.24) is 9.97 Å². The van der Waals surface area contributed by atoms with Gasteiger partial charge in [-0.15, -0.1) is 11.3 Å². The lowest BCUT2D eigenvalue weighted by atomic mass is 10.2. The summed E-state index contributed by atoms with van der Waals surface area (Å²) in [5.41, 5.74) is -1.01. The summed E-state index contributed by atoms with van der Waals surface area (Å²) in [5, 5.41) is 25.2. The fourth-order valence-electron chi connectivity index (χ4n) is 2.84. The normalized spacial score (nSPS) is 11.3. The van der Waals surface area contributed by atoms with Crippen LogP contribution >= 0.6 is 22.7 Å². The molecule has 1 amide bonds. The molecule has 0 aliphatic heterocycles. The van der Waals surface area contributed by atoms with Crippen LogP contribution in [-0.2, 0) is 6.18 Å². The van der Waals surface area contributed by atoms with Crippen molar-refractivity contribution in [3.05, 3.63) is 70.7 Å². The van der Waals surface area contributed by atoms with E-state index in [9.17, 15) is 27.9 Å². The van der Waals surface area contributed by atoms with Gasteiger partial charge in [0.1, 0.15) is 11.3 Å². The first kappa shape index (κ1) is 23.2. The van der Waals surface area contributed by atoms with E-state index in [-0.39, 0.29) is 37.6 Å². The number of carboxylic acids is 1. The smallest absolute Gasteiger partial charge is 0.434 e. The molecule has 4 aromatic rings. The molecule has 0 fully saturated rings. The lowest BCUT2D eigenvalue weighted by molar-refractivity contribution is -0.140. The number of carboxylic acid groups (broad SMARTS) is 1. The lowest BCUT2D eigenvalue weighted by Crippen LogP contribution is -2.12. The molecular formula is C21H13F3N4O4S2. The van der Waals surface area contributed by atoms with Gasteiger partial charge in [-0.2, -0.15) is 13.2 Å². The molecule has 4 rings (SSSR count). The number of rotatable bonds is 6. The minimum Gasteiger partial charge on any atom is -0.507 e. The van der Waals surface area contributed by atoms with E-state index in [2.05, 4.69) is 20.6 Å². The molecule has 0 aliphatic carbocycles. The Hall–Kier alpha value is -3.97. The summed E-state index contributed by atoms with van der Waals surface area (Å²) in [6, 6.07) is 11.7. The predicted molar refractivity (Wildman–Crippen MR) is 121 cm³/mol. The van der Waals surface area contributed by atoms with Crippen molar-refractivity contribution in [3.8, 4) is 16.3 Å². The van der Waals surface area contributed by atoms with E-state index in [4.69, 9.17) is 5.11 Å². The molecule has 0 aliphatic rings. The summed E-state index contributed by atoms with van der Waals surface area (Å²) in [6.07, 6.45) is -4.79. The summed E-state index contributed by atoms with van der Waals surface area (Å²) < 4.78 is 40.9. The number of thiazole rings is 2. The minimum atomic E-state index is -4.79. The van der Waals surface area contributed by atoms with Gasteiger partial charge in [0.05, 0.1) is 10.6 Å². The molecule has 0 radical (unpaired) electrons. The van der Waals surface area contributed by atoms with Crippen molar-refractivity contribution >= 4 is 50.5 Å². The first-order valence-corrected chi connectivity index (χ1v) is 11.0. The van der Waals surface area contributed by atoms with Crippen LogP contribution < -0.4 is 10.6 Å². The Balaban J connectivity index is 1.61. The first-order valence-electron chi connectivity index (χ1n) is 9.35. The number of carbonyl (C=O) groups excluding carboxylic acids is 1. The second-order valence-electron chi connectivity index (χ2n) is 6.71. The van der Waals surface area contributed by atoms with Crippen LogP contribution in [0.3, 0.4) is 0 Å². The van der Waals surface area contributed by atoms with Crippen LogP contribution in [0.15, 0.2) is 53.9 Å². The molecule has 0 atom stereocenters. The number of nitrogens with one attached hydrogen (secondary N) is 2. The fourth-order valence-corrected chi connectivity index (χ4v) is 4.58. The van der Waals surface area contributed by atoms with Gasteiger partial charge >= 0.3 is 12.1 Å². The van der Waals surface area contributed by atoms with E-state index >= 15 is 0 Å². The van der Waals surface area contributed by atoms with Crippen molar-refractivity contribution in [3.63, 3.8) is 0 Å². The highest BCUT2D eigenvalue weighted by atomic mass is 32.1. The maximum absolute atomic E-state index is 13.6. The zero-order chi connectivity index (χ0) is 24.5. The zero-order valence-electron chi connectivity index (χ0n) is 16.8. The molecule has 0 saturated carbocycles. The second-order valence-corrected chi connectivity index (χ2v) is 8.57. The molecule has 2 heterocycles. The van der Waals surface area contributed by atoms with E-state index < -0.39 is 29.5 Å². The number of nitrogens with zero attached hydrogens (tertiary/aromatic N) is 2. The lowest BCUT2D eigenvalue weighted by Gasteiger charge is -2.05. The first-order chi connectivity index (χ1) is 16.1. The number of hydrogen-bond acceptors (Lipinski definition) is 8. The van der Waals surface area contributed by atoms with Gasteiger partial charge in [0.2, 0.25) is 0 Å². The van der Waals surface area contributed by atoms with Gasteiger partial charge in [0, 0.05) is 16.6 Å². The van der Waals surface area contributed by atoms with Gasteiger partial charge < -0.3 is 15.5 Å². The Labute approximate surface area is 197 Å². The summed E-state index contributed by atoms with van der Waals surface area (Å²) in [5.74, 6) is -2.37. The van der Waals surface area contributed by atoms with Crippen LogP contribution in [-0.4, -0.2) is 32.1 Å². The highest BCUT2D eigenvalue weighted by molar-refractivity contribution is 7.20. The number of alkyl halides is 3. The number of hydrogen-bond donors (Lipinski definition) is 4. The molecular weight excluding hydrogens is 493 g/mol. The van der Waals surface area contributed by atoms with Gasteiger partial charge in [0.15, 0.2) is 16.0 Å². The maximum Gasteiger partial charge on any atom is 0.434 e. The zero-order valence-corrected chi connectivity index (χ0v) is 18.4. The number of benzene rings is 2. The second kappa shape index (κ2) is 9.11. The van der Waals surface area contributed by atoms with E-state index in [1.807, 2.05) is 0 Å². The Morgan fingerprint density at radius 2 is 1.74 bits per heavy atom. The maximum atomic E-state index is 13.6. The average Bonchev–Trinajstić information content (AvgIpc) is 3.42. The van der Waals surface area contributed by atoms with Crippen molar-refractivity contribution in [2.45, 2.75) is 6.18 Å². The minimum absolute atomic E-state index is 0.0187. The molecule has 0 saturated heterocycles. The molecule has 0 unspecified atom stereocenters. The van der Waals surface area contributed by atoms with Crippen molar-refractivity contribution in [2.24, 2.45) is 0 Å². The van der Waals surface area contributed by atoms with E-state index in [1.54, 1.807) is 18.2 Å². The SMILES string of the molecule is O=C(Nc1nc(C(F)(F)F)c(-c2csc(Nc3ccc(O)c(C(=O)O)c3)n2)s1)c1ccccc1. The summed E-state index contributed by atoms with van der Waals surface area (Å²) in [4.78, 5) is 30.9. The van der Waals surface area contributed by atoms with Crippen LogP contribution in [0.25, 0.3) is 10.6 Å². The third-order valence-electron chi connectivity index (χ3n) is 4.37. The fraction of sp³-hybridized carbons (Fsp3) is 0.0476. The number of amides is 1. The molecule has 2 aromatic heterocycles. The largest absolute Gasteiger partial charge is 0.507 e. The summed E-state index contributed by atoms with van der Waals surface area (Å²) in [7, 11) is 0. The Morgan fingerprint density at radius 1 is 1.00 bits per heavy atom. The van der Waals surface area contributed by atoms with Gasteiger partial charge in [-0.25, -0.2) is 14.8 Å². The monoisotopic (exact) mass is 506 g/mol. The van der Waals surface area contributed by atoms with Crippen molar-refractivity contribution in [2.75, 3.05) is 10.6 Å². The number of aromatic carboxylic acids is 1. The number of phenols is 1. The van der Waals surface area contributed by atoms with Crippen LogP contribution in [0.1, 0.15) is 26.4 Å². The number of halogens is 3. The Kier molecular flexibility index (Phi) is 6.22. The van der Waals surface area contributed by atoms with Gasteiger partial charge in [-0.3, -0.25) is 10.1 Å². The molecule has 2 aromatic carbocycles. The number of anilines is 3. The molecule has 4 N–H and O–H groups in total. The number of carbonyl (C=O) groups is 2. The summed E-state index contributed by atoms with van der Waals surface area (Å²) >= 11 is 1.62. The Morgan fingerprint density at radius 3 is 2.41 bits per heavy atom. The van der Waals surface area contributed by atoms with Gasteiger partial charge in [0.25, 0.3) is 5.91 Å². The van der Waals surface area contributed by atoms with Crippen LogP contribution in [0.2, 0.25) is 0 Å². The van der Waals surface area contributed by atoms with E-state index in [1.165, 1.54) is 35.7 Å². The third-order valence-corrected chi connectivity index (χ3v) is 6.12.